The van der Waals surface area contributed by atoms with Gasteiger partial charge in [-0.1, -0.05) is 6.92 Å². The summed E-state index contributed by atoms with van der Waals surface area (Å²) in [6.07, 6.45) is 4.97. The minimum absolute atomic E-state index is 0.133. The maximum absolute atomic E-state index is 12.9. The number of nitrogens with zero attached hydrogens (tertiary/aromatic N) is 3. The highest BCUT2D eigenvalue weighted by Crippen LogP contribution is 2.19. The molecule has 21 heavy (non-hydrogen) atoms. The van der Waals surface area contributed by atoms with Crippen LogP contribution in [0.1, 0.15) is 49.7 Å². The van der Waals surface area contributed by atoms with Gasteiger partial charge in [0.05, 0.1) is 11.3 Å². The van der Waals surface area contributed by atoms with Crippen LogP contribution >= 0.6 is 0 Å². The molecule has 0 radical (unpaired) electrons. The molecular weight excluding hydrogens is 264 g/mol. The normalized spacial score (nSPS) is 16.4. The standard InChI is InChI=1S/C16H28N4O/c1-5-15-14(11-19(4)18-15)16(21)20(12(2)3)10-13-6-8-17-9-7-13/h11-13,17H,5-10H2,1-4H3. The summed E-state index contributed by atoms with van der Waals surface area (Å²) in [5, 5.41) is 7.78. The molecular formula is C16H28N4O. The number of carbonyl (C=O) groups is 1. The zero-order valence-corrected chi connectivity index (χ0v) is 13.7. The van der Waals surface area contributed by atoms with Crippen molar-refractivity contribution in [1.29, 1.82) is 0 Å². The lowest BCUT2D eigenvalue weighted by Crippen LogP contribution is -2.43. The molecule has 1 fully saturated rings. The van der Waals surface area contributed by atoms with Gasteiger partial charge in [-0.3, -0.25) is 9.48 Å². The zero-order valence-electron chi connectivity index (χ0n) is 13.7. The number of aromatic nitrogens is 2. The van der Waals surface area contributed by atoms with Gasteiger partial charge in [-0.2, -0.15) is 5.10 Å². The lowest BCUT2D eigenvalue weighted by molar-refractivity contribution is 0.0657. The minimum Gasteiger partial charge on any atom is -0.336 e. The fourth-order valence-corrected chi connectivity index (χ4v) is 3.00. The number of carbonyl (C=O) groups excluding carboxylic acids is 1. The third kappa shape index (κ3) is 3.84. The molecule has 0 saturated carbocycles. The van der Waals surface area contributed by atoms with Crippen molar-refractivity contribution in [2.45, 2.75) is 46.1 Å². The summed E-state index contributed by atoms with van der Waals surface area (Å²) < 4.78 is 1.75. The Morgan fingerprint density at radius 1 is 1.48 bits per heavy atom. The highest BCUT2D eigenvalue weighted by molar-refractivity contribution is 5.95. The van der Waals surface area contributed by atoms with Gasteiger partial charge in [0.15, 0.2) is 0 Å². The molecule has 2 rings (SSSR count). The Bertz CT molecular complexity index is 475. The molecule has 1 aromatic heterocycles. The first-order valence-electron chi connectivity index (χ1n) is 8.07. The van der Waals surface area contributed by atoms with E-state index >= 15 is 0 Å². The third-order valence-corrected chi connectivity index (χ3v) is 4.27. The van der Waals surface area contributed by atoms with Crippen LogP contribution in [0.2, 0.25) is 0 Å². The van der Waals surface area contributed by atoms with Gasteiger partial charge in [0.1, 0.15) is 0 Å². The van der Waals surface area contributed by atoms with Crippen LogP contribution in [0.15, 0.2) is 6.20 Å². The molecule has 0 unspecified atom stereocenters. The van der Waals surface area contributed by atoms with E-state index in [1.54, 1.807) is 4.68 Å². The molecule has 5 heteroatoms. The summed E-state index contributed by atoms with van der Waals surface area (Å²) in [5.41, 5.74) is 1.67. The SMILES string of the molecule is CCc1nn(C)cc1C(=O)N(CC1CCNCC1)C(C)C. The molecule has 5 nitrogen and oxygen atoms in total. The second-order valence-electron chi connectivity index (χ2n) is 6.26. The molecule has 0 aromatic carbocycles. The first kappa shape index (κ1) is 16.0. The Labute approximate surface area is 127 Å². The molecule has 1 N–H and O–H groups in total. The molecule has 1 aliphatic rings. The quantitative estimate of drug-likeness (QED) is 0.901. The Morgan fingerprint density at radius 3 is 2.71 bits per heavy atom. The second kappa shape index (κ2) is 7.07. The Balaban J connectivity index is 2.14. The summed E-state index contributed by atoms with van der Waals surface area (Å²) in [4.78, 5) is 14.9. The largest absolute Gasteiger partial charge is 0.336 e. The van der Waals surface area contributed by atoms with Crippen molar-refractivity contribution in [2.24, 2.45) is 13.0 Å². The molecule has 1 aliphatic heterocycles. The van der Waals surface area contributed by atoms with Gasteiger partial charge >= 0.3 is 0 Å². The van der Waals surface area contributed by atoms with E-state index < -0.39 is 0 Å². The maximum atomic E-state index is 12.9. The van der Waals surface area contributed by atoms with Crippen LogP contribution in [0.4, 0.5) is 0 Å². The summed E-state index contributed by atoms with van der Waals surface area (Å²) >= 11 is 0. The molecule has 0 aliphatic carbocycles. The number of rotatable bonds is 5. The summed E-state index contributed by atoms with van der Waals surface area (Å²) in [6.45, 7) is 9.24. The van der Waals surface area contributed by atoms with Crippen molar-refractivity contribution < 1.29 is 4.79 Å². The molecule has 1 amide bonds. The molecule has 0 bridgehead atoms. The molecule has 1 aromatic rings. The number of hydrogen-bond donors (Lipinski definition) is 1. The zero-order chi connectivity index (χ0) is 15.4. The van der Waals surface area contributed by atoms with E-state index in [9.17, 15) is 4.79 Å². The Kier molecular flexibility index (Phi) is 5.39. The summed E-state index contributed by atoms with van der Waals surface area (Å²) in [6, 6.07) is 0.220. The van der Waals surface area contributed by atoms with E-state index in [-0.39, 0.29) is 11.9 Å². The van der Waals surface area contributed by atoms with Gasteiger partial charge in [0.2, 0.25) is 0 Å². The van der Waals surface area contributed by atoms with Gasteiger partial charge < -0.3 is 10.2 Å². The van der Waals surface area contributed by atoms with Gasteiger partial charge in [-0.05, 0) is 52.1 Å². The number of nitrogens with one attached hydrogen (secondary N) is 1. The van der Waals surface area contributed by atoms with E-state index in [1.807, 2.05) is 25.1 Å². The molecule has 0 atom stereocenters. The maximum Gasteiger partial charge on any atom is 0.257 e. The van der Waals surface area contributed by atoms with Gasteiger partial charge in [0.25, 0.3) is 5.91 Å². The number of hydrogen-bond acceptors (Lipinski definition) is 3. The lowest BCUT2D eigenvalue weighted by Gasteiger charge is -2.32. The van der Waals surface area contributed by atoms with Crippen LogP contribution in [0, 0.1) is 5.92 Å². The Hall–Kier alpha value is -1.36. The van der Waals surface area contributed by atoms with Crippen molar-refractivity contribution >= 4 is 5.91 Å². The second-order valence-corrected chi connectivity index (χ2v) is 6.26. The van der Waals surface area contributed by atoms with Crippen LogP contribution in [0.25, 0.3) is 0 Å². The summed E-state index contributed by atoms with van der Waals surface area (Å²) in [5.74, 6) is 0.743. The minimum atomic E-state index is 0.133. The molecule has 1 saturated heterocycles. The van der Waals surface area contributed by atoms with Crippen LogP contribution < -0.4 is 5.32 Å². The van der Waals surface area contributed by atoms with Crippen molar-refractivity contribution in [3.05, 3.63) is 17.5 Å². The average Bonchev–Trinajstić information content (AvgIpc) is 2.86. The van der Waals surface area contributed by atoms with E-state index in [0.717, 1.165) is 50.2 Å². The Morgan fingerprint density at radius 2 is 2.14 bits per heavy atom. The predicted octanol–water partition coefficient (Wildman–Crippen LogP) is 1.83. The van der Waals surface area contributed by atoms with Crippen molar-refractivity contribution in [2.75, 3.05) is 19.6 Å². The number of amides is 1. The highest BCUT2D eigenvalue weighted by atomic mass is 16.2. The molecule has 0 spiro atoms. The van der Waals surface area contributed by atoms with E-state index in [4.69, 9.17) is 0 Å². The fourth-order valence-electron chi connectivity index (χ4n) is 3.00. The lowest BCUT2D eigenvalue weighted by atomic mass is 9.96. The third-order valence-electron chi connectivity index (χ3n) is 4.27. The van der Waals surface area contributed by atoms with Crippen molar-refractivity contribution in [3.63, 3.8) is 0 Å². The van der Waals surface area contributed by atoms with Crippen molar-refractivity contribution in [1.82, 2.24) is 20.0 Å². The topological polar surface area (TPSA) is 50.2 Å². The van der Waals surface area contributed by atoms with Crippen LogP contribution in [0.3, 0.4) is 0 Å². The molecule has 2 heterocycles. The number of aryl methyl sites for hydroxylation is 2. The van der Waals surface area contributed by atoms with Crippen molar-refractivity contribution in [3.8, 4) is 0 Å². The van der Waals surface area contributed by atoms with E-state index in [0.29, 0.717) is 5.92 Å². The highest BCUT2D eigenvalue weighted by Gasteiger charge is 2.26. The van der Waals surface area contributed by atoms with Crippen LogP contribution in [-0.4, -0.2) is 46.3 Å². The first-order valence-corrected chi connectivity index (χ1v) is 8.07. The van der Waals surface area contributed by atoms with Gasteiger partial charge in [-0.25, -0.2) is 0 Å². The summed E-state index contributed by atoms with van der Waals surface area (Å²) in [7, 11) is 1.88. The number of piperidine rings is 1. The van der Waals surface area contributed by atoms with E-state index in [2.05, 4.69) is 24.3 Å². The first-order chi connectivity index (χ1) is 10.0. The monoisotopic (exact) mass is 292 g/mol. The van der Waals surface area contributed by atoms with Crippen LogP contribution in [0.5, 0.6) is 0 Å². The smallest absolute Gasteiger partial charge is 0.257 e. The average molecular weight is 292 g/mol. The predicted molar refractivity (Wildman–Crippen MR) is 84.4 cm³/mol. The molecule has 118 valence electrons. The fraction of sp³-hybridized carbons (Fsp3) is 0.750. The van der Waals surface area contributed by atoms with Gasteiger partial charge in [0, 0.05) is 25.8 Å². The van der Waals surface area contributed by atoms with E-state index in [1.165, 1.54) is 0 Å². The van der Waals surface area contributed by atoms with Gasteiger partial charge in [-0.15, -0.1) is 0 Å². The van der Waals surface area contributed by atoms with Crippen LogP contribution in [-0.2, 0) is 13.5 Å².